The fraction of sp³-hybridized carbons (Fsp3) is 0.357. The number of nitrogens with zero attached hydrogens (tertiary/aromatic N) is 6. The van der Waals surface area contributed by atoms with Crippen molar-refractivity contribution in [3.05, 3.63) is 81.5 Å². The van der Waals surface area contributed by atoms with Gasteiger partial charge in [-0.15, -0.1) is 5.10 Å². The molecule has 0 aliphatic rings. The third kappa shape index (κ3) is 6.83. The van der Waals surface area contributed by atoms with Crippen LogP contribution in [0.3, 0.4) is 0 Å². The van der Waals surface area contributed by atoms with E-state index in [0.29, 0.717) is 10.2 Å². The number of nitrogens with one attached hydrogen (secondary N) is 2. The van der Waals surface area contributed by atoms with Crippen LogP contribution in [0.2, 0.25) is 5.02 Å². The Morgan fingerprint density at radius 1 is 0.978 bits per heavy atom. The number of benzene rings is 1. The second-order valence-corrected chi connectivity index (χ2v) is 11.8. The summed E-state index contributed by atoms with van der Waals surface area (Å²) in [6.45, 7) is 8.19. The molecule has 0 unspecified atom stereocenters. The maximum absolute atomic E-state index is 14.2. The first kappa shape index (κ1) is 34.3. The fourth-order valence-electron chi connectivity index (χ4n) is 4.29. The summed E-state index contributed by atoms with van der Waals surface area (Å²) in [5.74, 6) is -13.5. The van der Waals surface area contributed by atoms with E-state index in [-0.39, 0.29) is 39.7 Å². The Bertz CT molecular complexity index is 1790. The molecule has 0 saturated carbocycles. The van der Waals surface area contributed by atoms with Gasteiger partial charge in [0.2, 0.25) is 0 Å². The van der Waals surface area contributed by atoms with Crippen LogP contribution in [0.1, 0.15) is 64.1 Å². The molecule has 0 saturated heterocycles. The van der Waals surface area contributed by atoms with Gasteiger partial charge in [0.05, 0.1) is 34.7 Å². The van der Waals surface area contributed by atoms with Crippen molar-refractivity contribution in [1.82, 2.24) is 35.1 Å². The Morgan fingerprint density at radius 2 is 1.65 bits per heavy atom. The highest BCUT2D eigenvalue weighted by Gasteiger charge is 2.74. The van der Waals surface area contributed by atoms with Gasteiger partial charge in [0.1, 0.15) is 5.69 Å². The number of alkyl halides is 7. The van der Waals surface area contributed by atoms with Crippen molar-refractivity contribution in [2.45, 2.75) is 64.7 Å². The minimum absolute atomic E-state index is 0.0393. The van der Waals surface area contributed by atoms with Crippen LogP contribution in [0.25, 0.3) is 5.82 Å². The number of amides is 2. The standard InChI is InChI=1S/C28H26ClF7N8O2/c1-14-9-15(2)21(17(10-14)23(45)39-25(3,4)5)38-24(46)19-11-16(41-44(19)22-18(29)7-6-8-37-22)12-43-13-20(40-42-43)26(30,31)27(32,33)28(34,35)36/h6-11,13H,12H2,1-5H3,(H,38,46)(H,39,45). The van der Waals surface area contributed by atoms with Gasteiger partial charge >= 0.3 is 18.0 Å². The quantitative estimate of drug-likeness (QED) is 0.214. The molecule has 0 atom stereocenters. The summed E-state index contributed by atoms with van der Waals surface area (Å²) in [5.41, 5.74) is -1.23. The average Bonchev–Trinajstić information content (AvgIpc) is 3.56. The SMILES string of the molecule is Cc1cc(C)c(NC(=O)c2cc(Cn3cc(C(F)(F)C(F)(F)C(F)(F)F)nn3)nn2-c2ncccc2Cl)c(C(=O)NC(C)(C)C)c1. The summed E-state index contributed by atoms with van der Waals surface area (Å²) in [6, 6.07) is 7.44. The summed E-state index contributed by atoms with van der Waals surface area (Å²) < 4.78 is 94.9. The van der Waals surface area contributed by atoms with Crippen molar-refractivity contribution in [2.75, 3.05) is 5.32 Å². The van der Waals surface area contributed by atoms with Crippen molar-refractivity contribution in [3.63, 3.8) is 0 Å². The lowest BCUT2D eigenvalue weighted by atomic mass is 10.0. The number of anilines is 1. The fourth-order valence-corrected chi connectivity index (χ4v) is 4.49. The molecule has 2 N–H and O–H groups in total. The molecule has 10 nitrogen and oxygen atoms in total. The van der Waals surface area contributed by atoms with Gasteiger partial charge in [-0.3, -0.25) is 9.59 Å². The Balaban J connectivity index is 1.73. The van der Waals surface area contributed by atoms with Gasteiger partial charge in [-0.1, -0.05) is 22.9 Å². The van der Waals surface area contributed by atoms with E-state index >= 15 is 0 Å². The summed E-state index contributed by atoms with van der Waals surface area (Å²) in [4.78, 5) is 31.0. The minimum Gasteiger partial charge on any atom is -0.347 e. The van der Waals surface area contributed by atoms with Crippen LogP contribution >= 0.6 is 11.6 Å². The number of carbonyl (C=O) groups is 2. The molecule has 3 heterocycles. The Morgan fingerprint density at radius 3 is 2.26 bits per heavy atom. The van der Waals surface area contributed by atoms with Crippen LogP contribution in [-0.4, -0.2) is 59.2 Å². The molecule has 0 spiro atoms. The number of carbonyl (C=O) groups excluding carboxylic acids is 2. The highest BCUT2D eigenvalue weighted by Crippen LogP contribution is 2.51. The smallest absolute Gasteiger partial charge is 0.347 e. The summed E-state index contributed by atoms with van der Waals surface area (Å²) in [6.07, 6.45) is -5.01. The molecule has 0 bridgehead atoms. The van der Waals surface area contributed by atoms with E-state index in [2.05, 4.69) is 31.0 Å². The van der Waals surface area contributed by atoms with Crippen molar-refractivity contribution < 1.29 is 40.3 Å². The van der Waals surface area contributed by atoms with Crippen molar-refractivity contribution in [3.8, 4) is 5.82 Å². The van der Waals surface area contributed by atoms with Crippen LogP contribution in [0.5, 0.6) is 0 Å². The molecule has 0 aliphatic heterocycles. The maximum atomic E-state index is 14.2. The maximum Gasteiger partial charge on any atom is 0.460 e. The van der Waals surface area contributed by atoms with Gasteiger partial charge in [0.15, 0.2) is 11.5 Å². The van der Waals surface area contributed by atoms with Crippen LogP contribution in [0.15, 0.2) is 42.7 Å². The summed E-state index contributed by atoms with van der Waals surface area (Å²) in [5, 5.41) is 15.9. The average molecular weight is 675 g/mol. The van der Waals surface area contributed by atoms with Gasteiger partial charge in [-0.05, 0) is 70.0 Å². The van der Waals surface area contributed by atoms with E-state index in [9.17, 15) is 40.3 Å². The van der Waals surface area contributed by atoms with E-state index in [1.54, 1.807) is 46.8 Å². The molecule has 3 aromatic heterocycles. The summed E-state index contributed by atoms with van der Waals surface area (Å²) in [7, 11) is 0. The lowest BCUT2D eigenvalue weighted by molar-refractivity contribution is -0.360. The molecule has 0 aliphatic carbocycles. The molecule has 0 fully saturated rings. The topological polar surface area (TPSA) is 120 Å². The second kappa shape index (κ2) is 12.0. The first-order valence-electron chi connectivity index (χ1n) is 13.3. The number of hydrogen-bond donors (Lipinski definition) is 2. The number of halogens is 8. The molecule has 46 heavy (non-hydrogen) atoms. The van der Waals surface area contributed by atoms with E-state index in [1.807, 2.05) is 0 Å². The third-order valence-electron chi connectivity index (χ3n) is 6.32. The number of hydrogen-bond acceptors (Lipinski definition) is 6. The minimum atomic E-state index is -6.56. The number of pyridine rings is 1. The van der Waals surface area contributed by atoms with Crippen molar-refractivity contribution >= 4 is 29.1 Å². The van der Waals surface area contributed by atoms with Crippen molar-refractivity contribution in [2.24, 2.45) is 0 Å². The monoisotopic (exact) mass is 674 g/mol. The predicted octanol–water partition coefficient (Wildman–Crippen LogP) is 6.25. The van der Waals surface area contributed by atoms with E-state index in [0.717, 1.165) is 10.2 Å². The zero-order valence-corrected chi connectivity index (χ0v) is 25.5. The number of rotatable bonds is 8. The highest BCUT2D eigenvalue weighted by atomic mass is 35.5. The molecule has 4 aromatic rings. The van der Waals surface area contributed by atoms with Crippen LogP contribution in [0, 0.1) is 13.8 Å². The molecule has 0 radical (unpaired) electrons. The molecule has 246 valence electrons. The molecule has 4 rings (SSSR count). The van der Waals surface area contributed by atoms with Gasteiger partial charge in [-0.2, -0.15) is 35.8 Å². The molecule has 2 amide bonds. The van der Waals surface area contributed by atoms with Crippen molar-refractivity contribution in [1.29, 1.82) is 0 Å². The van der Waals surface area contributed by atoms with Gasteiger partial charge in [0, 0.05) is 11.7 Å². The Labute approximate surface area is 261 Å². The van der Waals surface area contributed by atoms with E-state index < -0.39 is 47.6 Å². The van der Waals surface area contributed by atoms with Crippen LogP contribution in [-0.2, 0) is 12.5 Å². The van der Waals surface area contributed by atoms with E-state index in [4.69, 9.17) is 11.6 Å². The zero-order valence-electron chi connectivity index (χ0n) is 24.8. The normalized spacial score (nSPS) is 12.7. The summed E-state index contributed by atoms with van der Waals surface area (Å²) >= 11 is 6.29. The van der Waals surface area contributed by atoms with Gasteiger partial charge in [0.25, 0.3) is 11.8 Å². The van der Waals surface area contributed by atoms with Crippen LogP contribution in [0.4, 0.5) is 36.4 Å². The molecular formula is C28H26ClF7N8O2. The number of aryl methyl sites for hydroxylation is 2. The molecule has 18 heteroatoms. The molecule has 1 aromatic carbocycles. The highest BCUT2D eigenvalue weighted by molar-refractivity contribution is 6.32. The Kier molecular flexibility index (Phi) is 8.96. The van der Waals surface area contributed by atoms with Gasteiger partial charge < -0.3 is 10.6 Å². The largest absolute Gasteiger partial charge is 0.460 e. The first-order chi connectivity index (χ1) is 21.1. The van der Waals surface area contributed by atoms with E-state index in [1.165, 1.54) is 24.4 Å². The van der Waals surface area contributed by atoms with Gasteiger partial charge in [-0.25, -0.2) is 14.3 Å². The zero-order chi connectivity index (χ0) is 34.4. The lowest BCUT2D eigenvalue weighted by Crippen LogP contribution is -2.50. The predicted molar refractivity (Wildman–Crippen MR) is 151 cm³/mol. The van der Waals surface area contributed by atoms with Crippen LogP contribution < -0.4 is 10.6 Å². The first-order valence-corrected chi connectivity index (χ1v) is 13.7. The molecular weight excluding hydrogens is 649 g/mol. The third-order valence-corrected chi connectivity index (χ3v) is 6.61. The second-order valence-electron chi connectivity index (χ2n) is 11.4. The Hall–Kier alpha value is -4.54. The lowest BCUT2D eigenvalue weighted by Gasteiger charge is -2.26. The number of aromatic nitrogens is 6.